The van der Waals surface area contributed by atoms with Gasteiger partial charge >= 0.3 is 0 Å². The van der Waals surface area contributed by atoms with Gasteiger partial charge in [0, 0.05) is 11.8 Å². The molecule has 0 saturated carbocycles. The average molecular weight is 403 g/mol. The fraction of sp³-hybridized carbons (Fsp3) is 0.160. The second-order valence-corrected chi connectivity index (χ2v) is 6.73. The van der Waals surface area contributed by atoms with Crippen LogP contribution in [0.1, 0.15) is 17.3 Å². The van der Waals surface area contributed by atoms with Crippen molar-refractivity contribution in [2.75, 3.05) is 25.1 Å². The van der Waals surface area contributed by atoms with Crippen molar-refractivity contribution in [1.29, 1.82) is 0 Å². The molecule has 0 aromatic heterocycles. The molecule has 0 bridgehead atoms. The Kier molecular flexibility index (Phi) is 7.50. The van der Waals surface area contributed by atoms with Crippen LogP contribution in [-0.4, -0.2) is 25.7 Å². The Morgan fingerprint density at radius 1 is 0.833 bits per heavy atom. The normalized spacial score (nSPS) is 10.2. The van der Waals surface area contributed by atoms with Gasteiger partial charge in [0.1, 0.15) is 37.1 Å². The van der Waals surface area contributed by atoms with E-state index in [-0.39, 0.29) is 5.91 Å². The number of benzene rings is 3. The highest BCUT2D eigenvalue weighted by molar-refractivity contribution is 6.06. The summed E-state index contributed by atoms with van der Waals surface area (Å²) >= 11 is 0. The lowest BCUT2D eigenvalue weighted by Crippen LogP contribution is -2.15. The molecule has 0 saturated heterocycles. The summed E-state index contributed by atoms with van der Waals surface area (Å²) in [6.07, 6.45) is 0. The maximum Gasteiger partial charge on any atom is 0.259 e. The largest absolute Gasteiger partial charge is 0.490 e. The van der Waals surface area contributed by atoms with Gasteiger partial charge in [-0.1, -0.05) is 43.0 Å². The first-order valence-corrected chi connectivity index (χ1v) is 9.70. The molecule has 0 spiro atoms. The smallest absolute Gasteiger partial charge is 0.259 e. The minimum Gasteiger partial charge on any atom is -0.490 e. The van der Waals surface area contributed by atoms with Gasteiger partial charge < -0.3 is 19.5 Å². The van der Waals surface area contributed by atoms with Crippen molar-refractivity contribution in [3.63, 3.8) is 0 Å². The minimum atomic E-state index is -0.258. The Bertz CT molecular complexity index is 985. The number of para-hydroxylation sites is 2. The molecule has 3 aromatic rings. The molecule has 0 radical (unpaired) electrons. The van der Waals surface area contributed by atoms with E-state index >= 15 is 0 Å². The molecule has 1 amide bonds. The fourth-order valence-electron chi connectivity index (χ4n) is 2.68. The zero-order valence-electron chi connectivity index (χ0n) is 17.0. The Morgan fingerprint density at radius 3 is 2.33 bits per heavy atom. The van der Waals surface area contributed by atoms with Crippen molar-refractivity contribution in [2.24, 2.45) is 0 Å². The van der Waals surface area contributed by atoms with E-state index < -0.39 is 0 Å². The highest BCUT2D eigenvalue weighted by Crippen LogP contribution is 2.22. The second-order valence-electron chi connectivity index (χ2n) is 6.73. The zero-order chi connectivity index (χ0) is 21.2. The standard InChI is InChI=1S/C25H25NO4/c1-19(2)18-30-22-12-8-9-20(17-22)26-25(27)23-13-6-7-14-24(23)29-16-15-28-21-10-4-3-5-11-21/h3-14,17H,1,15-16,18H2,2H3,(H,26,27). The quantitative estimate of drug-likeness (QED) is 0.366. The van der Waals surface area contributed by atoms with E-state index in [9.17, 15) is 4.79 Å². The van der Waals surface area contributed by atoms with Crippen LogP contribution < -0.4 is 19.5 Å². The molecule has 0 fully saturated rings. The summed E-state index contributed by atoms with van der Waals surface area (Å²) in [5.41, 5.74) is 2.01. The SMILES string of the molecule is C=C(C)COc1cccc(NC(=O)c2ccccc2OCCOc2ccccc2)c1. The Hall–Kier alpha value is -3.73. The number of carbonyl (C=O) groups excluding carboxylic acids is 1. The van der Waals surface area contributed by atoms with Crippen molar-refractivity contribution < 1.29 is 19.0 Å². The fourth-order valence-corrected chi connectivity index (χ4v) is 2.68. The predicted molar refractivity (Wildman–Crippen MR) is 119 cm³/mol. The highest BCUT2D eigenvalue weighted by Gasteiger charge is 2.13. The van der Waals surface area contributed by atoms with Gasteiger partial charge in [-0.2, -0.15) is 0 Å². The van der Waals surface area contributed by atoms with Gasteiger partial charge in [0.2, 0.25) is 0 Å². The van der Waals surface area contributed by atoms with Gasteiger partial charge in [-0.15, -0.1) is 0 Å². The van der Waals surface area contributed by atoms with Gasteiger partial charge in [0.25, 0.3) is 5.91 Å². The van der Waals surface area contributed by atoms with E-state index in [1.165, 1.54) is 0 Å². The van der Waals surface area contributed by atoms with Gasteiger partial charge in [-0.3, -0.25) is 4.79 Å². The van der Waals surface area contributed by atoms with Crippen LogP contribution in [0.2, 0.25) is 0 Å². The van der Waals surface area contributed by atoms with Gasteiger partial charge in [0.15, 0.2) is 0 Å². The number of rotatable bonds is 10. The van der Waals surface area contributed by atoms with E-state index in [0.29, 0.717) is 42.6 Å². The third-order valence-electron chi connectivity index (χ3n) is 4.06. The molecule has 0 aliphatic rings. The Morgan fingerprint density at radius 2 is 1.53 bits per heavy atom. The molecule has 0 aliphatic heterocycles. The summed E-state index contributed by atoms with van der Waals surface area (Å²) in [6, 6.07) is 23.9. The monoisotopic (exact) mass is 403 g/mol. The van der Waals surface area contributed by atoms with Crippen LogP contribution in [0.3, 0.4) is 0 Å². The van der Waals surface area contributed by atoms with Gasteiger partial charge in [0.05, 0.1) is 5.56 Å². The molecule has 5 nitrogen and oxygen atoms in total. The first kappa shape index (κ1) is 21.0. The number of anilines is 1. The van der Waals surface area contributed by atoms with Gasteiger partial charge in [-0.25, -0.2) is 0 Å². The van der Waals surface area contributed by atoms with Crippen molar-refractivity contribution in [3.05, 3.63) is 96.6 Å². The molecule has 1 N–H and O–H groups in total. The summed E-state index contributed by atoms with van der Waals surface area (Å²) in [6.45, 7) is 6.85. The predicted octanol–water partition coefficient (Wildman–Crippen LogP) is 5.35. The van der Waals surface area contributed by atoms with Crippen molar-refractivity contribution >= 4 is 11.6 Å². The van der Waals surface area contributed by atoms with Crippen LogP contribution in [0.5, 0.6) is 17.2 Å². The van der Waals surface area contributed by atoms with E-state index in [0.717, 1.165) is 11.3 Å². The number of hydrogen-bond acceptors (Lipinski definition) is 4. The Labute approximate surface area is 176 Å². The van der Waals surface area contributed by atoms with Crippen molar-refractivity contribution in [1.82, 2.24) is 0 Å². The molecular weight excluding hydrogens is 378 g/mol. The lowest BCUT2D eigenvalue weighted by atomic mass is 10.2. The van der Waals surface area contributed by atoms with E-state index in [1.54, 1.807) is 24.3 Å². The minimum absolute atomic E-state index is 0.258. The molecular formula is C25H25NO4. The average Bonchev–Trinajstić information content (AvgIpc) is 2.76. The molecule has 3 rings (SSSR count). The summed E-state index contributed by atoms with van der Waals surface area (Å²) in [5, 5.41) is 2.89. The molecule has 0 heterocycles. The summed E-state index contributed by atoms with van der Waals surface area (Å²) in [5.74, 6) is 1.69. The topological polar surface area (TPSA) is 56.8 Å². The summed E-state index contributed by atoms with van der Waals surface area (Å²) in [4.78, 5) is 12.8. The maximum atomic E-state index is 12.8. The number of amides is 1. The van der Waals surface area contributed by atoms with Crippen molar-refractivity contribution in [3.8, 4) is 17.2 Å². The third-order valence-corrected chi connectivity index (χ3v) is 4.06. The lowest BCUT2D eigenvalue weighted by molar-refractivity contribution is 0.102. The highest BCUT2D eigenvalue weighted by atomic mass is 16.5. The van der Waals surface area contributed by atoms with Crippen LogP contribution in [0, 0.1) is 0 Å². The molecule has 0 aliphatic carbocycles. The first-order valence-electron chi connectivity index (χ1n) is 9.70. The van der Waals surface area contributed by atoms with E-state index in [2.05, 4.69) is 11.9 Å². The molecule has 0 atom stereocenters. The first-order chi connectivity index (χ1) is 14.6. The molecule has 5 heteroatoms. The number of nitrogens with one attached hydrogen (secondary N) is 1. The number of hydrogen-bond donors (Lipinski definition) is 1. The van der Waals surface area contributed by atoms with Crippen LogP contribution in [0.4, 0.5) is 5.69 Å². The number of carbonyl (C=O) groups is 1. The van der Waals surface area contributed by atoms with Gasteiger partial charge in [-0.05, 0) is 48.9 Å². The van der Waals surface area contributed by atoms with E-state index in [4.69, 9.17) is 14.2 Å². The van der Waals surface area contributed by atoms with Crippen LogP contribution >= 0.6 is 0 Å². The van der Waals surface area contributed by atoms with Crippen LogP contribution in [0.25, 0.3) is 0 Å². The van der Waals surface area contributed by atoms with E-state index in [1.807, 2.05) is 61.5 Å². The maximum absolute atomic E-state index is 12.8. The molecule has 154 valence electrons. The molecule has 30 heavy (non-hydrogen) atoms. The summed E-state index contributed by atoms with van der Waals surface area (Å²) < 4.78 is 17.0. The molecule has 3 aromatic carbocycles. The van der Waals surface area contributed by atoms with Crippen LogP contribution in [0.15, 0.2) is 91.0 Å². The summed E-state index contributed by atoms with van der Waals surface area (Å²) in [7, 11) is 0. The molecule has 0 unspecified atom stereocenters. The zero-order valence-corrected chi connectivity index (χ0v) is 17.0. The van der Waals surface area contributed by atoms with Crippen molar-refractivity contribution in [2.45, 2.75) is 6.92 Å². The number of ether oxygens (including phenoxy) is 3. The lowest BCUT2D eigenvalue weighted by Gasteiger charge is -2.13. The Balaban J connectivity index is 1.58. The van der Waals surface area contributed by atoms with Crippen LogP contribution in [-0.2, 0) is 0 Å². The second kappa shape index (κ2) is 10.7. The third kappa shape index (κ3) is 6.41.